The zero-order chi connectivity index (χ0) is 17.4. The predicted molar refractivity (Wildman–Crippen MR) is 94.3 cm³/mol. The van der Waals surface area contributed by atoms with Gasteiger partial charge in [-0.2, -0.15) is 0 Å². The maximum atomic E-state index is 11.9. The van der Waals surface area contributed by atoms with E-state index in [1.165, 1.54) is 0 Å². The lowest BCUT2D eigenvalue weighted by Gasteiger charge is -2.26. The maximum Gasteiger partial charge on any atom is 0.313 e. The number of anilines is 2. The predicted octanol–water partition coefficient (Wildman–Crippen LogP) is 0.530. The second-order valence-electron chi connectivity index (χ2n) is 5.96. The lowest BCUT2D eigenvalue weighted by atomic mass is 10.2. The fourth-order valence-electron chi connectivity index (χ4n) is 2.44. The first kappa shape index (κ1) is 18.2. The van der Waals surface area contributed by atoms with Gasteiger partial charge in [0.1, 0.15) is 0 Å². The average molecular weight is 334 g/mol. The van der Waals surface area contributed by atoms with Crippen molar-refractivity contribution in [3.8, 4) is 0 Å². The Balaban J connectivity index is 1.67. The van der Waals surface area contributed by atoms with Crippen LogP contribution < -0.4 is 15.5 Å². The molecule has 0 saturated carbocycles. The SMILES string of the molecule is CN(C)c1ccc(NC(=O)C(=O)NCCCN2CCOCC2)cc1. The number of ether oxygens (including phenoxy) is 1. The molecule has 1 heterocycles. The second-order valence-corrected chi connectivity index (χ2v) is 5.96. The van der Waals surface area contributed by atoms with E-state index in [1.54, 1.807) is 12.1 Å². The van der Waals surface area contributed by atoms with E-state index in [2.05, 4.69) is 15.5 Å². The molecule has 0 bridgehead atoms. The number of hydrogen-bond donors (Lipinski definition) is 2. The molecule has 0 spiro atoms. The van der Waals surface area contributed by atoms with Crippen LogP contribution in [0, 0.1) is 0 Å². The van der Waals surface area contributed by atoms with E-state index in [9.17, 15) is 9.59 Å². The Morgan fingerprint density at radius 2 is 1.79 bits per heavy atom. The molecule has 1 aliphatic heterocycles. The molecule has 2 amide bonds. The molecule has 1 fully saturated rings. The molecule has 7 nitrogen and oxygen atoms in total. The average Bonchev–Trinajstić information content (AvgIpc) is 2.60. The van der Waals surface area contributed by atoms with Gasteiger partial charge >= 0.3 is 11.8 Å². The van der Waals surface area contributed by atoms with Crippen molar-refractivity contribution in [2.24, 2.45) is 0 Å². The molecule has 1 aromatic carbocycles. The molecule has 1 aromatic rings. The molecule has 1 aliphatic rings. The molecule has 132 valence electrons. The zero-order valence-corrected chi connectivity index (χ0v) is 14.4. The first-order valence-electron chi connectivity index (χ1n) is 8.23. The van der Waals surface area contributed by atoms with Crippen molar-refractivity contribution in [2.45, 2.75) is 6.42 Å². The van der Waals surface area contributed by atoms with Crippen molar-refractivity contribution in [2.75, 3.05) is 63.7 Å². The number of nitrogens with one attached hydrogen (secondary N) is 2. The molecule has 2 N–H and O–H groups in total. The van der Waals surface area contributed by atoms with Gasteiger partial charge in [0.15, 0.2) is 0 Å². The summed E-state index contributed by atoms with van der Waals surface area (Å²) in [6.45, 7) is 4.78. The second kappa shape index (κ2) is 9.24. The minimum absolute atomic E-state index is 0.489. The lowest BCUT2D eigenvalue weighted by molar-refractivity contribution is -0.136. The Bertz CT molecular complexity index is 539. The highest BCUT2D eigenvalue weighted by Crippen LogP contribution is 2.15. The summed E-state index contributed by atoms with van der Waals surface area (Å²) in [6, 6.07) is 7.32. The van der Waals surface area contributed by atoms with Gasteiger partial charge in [0.2, 0.25) is 0 Å². The highest BCUT2D eigenvalue weighted by Gasteiger charge is 2.14. The summed E-state index contributed by atoms with van der Waals surface area (Å²) >= 11 is 0. The third kappa shape index (κ3) is 5.82. The van der Waals surface area contributed by atoms with Gasteiger partial charge in [-0.3, -0.25) is 14.5 Å². The van der Waals surface area contributed by atoms with Crippen LogP contribution >= 0.6 is 0 Å². The Morgan fingerprint density at radius 3 is 2.42 bits per heavy atom. The number of morpholine rings is 1. The number of carbonyl (C=O) groups excluding carboxylic acids is 2. The molecule has 1 saturated heterocycles. The van der Waals surface area contributed by atoms with Gasteiger partial charge in [-0.05, 0) is 37.2 Å². The quantitative estimate of drug-likeness (QED) is 0.586. The van der Waals surface area contributed by atoms with Crippen molar-refractivity contribution in [1.29, 1.82) is 0 Å². The molecule has 24 heavy (non-hydrogen) atoms. The number of benzene rings is 1. The molecule has 0 unspecified atom stereocenters. The van der Waals surface area contributed by atoms with Gasteiger partial charge in [-0.25, -0.2) is 0 Å². The summed E-state index contributed by atoms with van der Waals surface area (Å²) in [6.07, 6.45) is 0.816. The molecule has 7 heteroatoms. The van der Waals surface area contributed by atoms with Crippen LogP contribution in [-0.4, -0.2) is 70.2 Å². The van der Waals surface area contributed by atoms with E-state index < -0.39 is 11.8 Å². The van der Waals surface area contributed by atoms with Crippen LogP contribution in [0.4, 0.5) is 11.4 Å². The van der Waals surface area contributed by atoms with E-state index in [4.69, 9.17) is 4.74 Å². The van der Waals surface area contributed by atoms with E-state index in [0.29, 0.717) is 12.2 Å². The Kier molecular flexibility index (Phi) is 7.02. The molecule has 0 aromatic heterocycles. The Hall–Kier alpha value is -2.12. The standard InChI is InChI=1S/C17H26N4O3/c1-20(2)15-6-4-14(5-7-15)19-17(23)16(22)18-8-3-9-21-10-12-24-13-11-21/h4-7H,3,8-13H2,1-2H3,(H,18,22)(H,19,23). The highest BCUT2D eigenvalue weighted by molar-refractivity contribution is 6.39. The summed E-state index contributed by atoms with van der Waals surface area (Å²) in [4.78, 5) is 27.9. The summed E-state index contributed by atoms with van der Waals surface area (Å²) in [5, 5.41) is 5.26. The minimum Gasteiger partial charge on any atom is -0.379 e. The Labute approximate surface area is 142 Å². The number of carbonyl (C=O) groups is 2. The topological polar surface area (TPSA) is 73.9 Å². The van der Waals surface area contributed by atoms with Crippen LogP contribution in [0.15, 0.2) is 24.3 Å². The maximum absolute atomic E-state index is 11.9. The summed E-state index contributed by atoms with van der Waals surface area (Å²) in [5.41, 5.74) is 1.63. The van der Waals surface area contributed by atoms with Gasteiger partial charge in [0.25, 0.3) is 0 Å². The van der Waals surface area contributed by atoms with Gasteiger partial charge in [0, 0.05) is 45.1 Å². The van der Waals surface area contributed by atoms with Crippen molar-refractivity contribution in [1.82, 2.24) is 10.2 Å². The van der Waals surface area contributed by atoms with Crippen molar-refractivity contribution in [3.05, 3.63) is 24.3 Å². The number of nitrogens with zero attached hydrogens (tertiary/aromatic N) is 2. The van der Waals surface area contributed by atoms with Gasteiger partial charge in [-0.1, -0.05) is 0 Å². The van der Waals surface area contributed by atoms with Crippen LogP contribution in [0.1, 0.15) is 6.42 Å². The highest BCUT2D eigenvalue weighted by atomic mass is 16.5. The molecule has 0 aliphatic carbocycles. The third-order valence-electron chi connectivity index (χ3n) is 3.89. The number of amides is 2. The molecule has 2 rings (SSSR count). The van der Waals surface area contributed by atoms with Crippen molar-refractivity contribution in [3.63, 3.8) is 0 Å². The smallest absolute Gasteiger partial charge is 0.313 e. The van der Waals surface area contributed by atoms with Gasteiger partial charge in [0.05, 0.1) is 13.2 Å². The number of hydrogen-bond acceptors (Lipinski definition) is 5. The zero-order valence-electron chi connectivity index (χ0n) is 14.4. The van der Waals surface area contributed by atoms with E-state index in [-0.39, 0.29) is 0 Å². The summed E-state index contributed by atoms with van der Waals surface area (Å²) in [7, 11) is 3.88. The van der Waals surface area contributed by atoms with Crippen LogP contribution in [0.3, 0.4) is 0 Å². The fraction of sp³-hybridized carbons (Fsp3) is 0.529. The van der Waals surface area contributed by atoms with Crippen LogP contribution in [-0.2, 0) is 14.3 Å². The minimum atomic E-state index is -0.640. The fourth-order valence-corrected chi connectivity index (χ4v) is 2.44. The number of rotatable bonds is 6. The summed E-state index contributed by atoms with van der Waals surface area (Å²) in [5.74, 6) is -1.24. The van der Waals surface area contributed by atoms with Crippen LogP contribution in [0.5, 0.6) is 0 Å². The first-order valence-corrected chi connectivity index (χ1v) is 8.23. The van der Waals surface area contributed by atoms with E-state index >= 15 is 0 Å². The third-order valence-corrected chi connectivity index (χ3v) is 3.89. The first-order chi connectivity index (χ1) is 11.6. The van der Waals surface area contributed by atoms with Crippen LogP contribution in [0.2, 0.25) is 0 Å². The van der Waals surface area contributed by atoms with E-state index in [0.717, 1.165) is 45.0 Å². The van der Waals surface area contributed by atoms with Gasteiger partial charge in [-0.15, -0.1) is 0 Å². The van der Waals surface area contributed by atoms with Gasteiger partial charge < -0.3 is 20.3 Å². The molecular formula is C17H26N4O3. The monoisotopic (exact) mass is 334 g/mol. The van der Waals surface area contributed by atoms with E-state index in [1.807, 2.05) is 31.1 Å². The molecule has 0 atom stereocenters. The largest absolute Gasteiger partial charge is 0.379 e. The van der Waals surface area contributed by atoms with Crippen LogP contribution in [0.25, 0.3) is 0 Å². The summed E-state index contributed by atoms with van der Waals surface area (Å²) < 4.78 is 5.29. The van der Waals surface area contributed by atoms with Crippen molar-refractivity contribution >= 4 is 23.2 Å². The molecule has 0 radical (unpaired) electrons. The molecular weight excluding hydrogens is 308 g/mol. The van der Waals surface area contributed by atoms with Crippen molar-refractivity contribution < 1.29 is 14.3 Å². The normalized spacial score (nSPS) is 14.9. The lowest BCUT2D eigenvalue weighted by Crippen LogP contribution is -2.39. The Morgan fingerprint density at radius 1 is 1.12 bits per heavy atom.